The van der Waals surface area contributed by atoms with Gasteiger partial charge in [0.2, 0.25) is 5.91 Å². The lowest BCUT2D eigenvalue weighted by Gasteiger charge is -2.18. The Hall–Kier alpha value is -2.12. The van der Waals surface area contributed by atoms with E-state index in [9.17, 15) is 9.59 Å². The third-order valence-corrected chi connectivity index (χ3v) is 4.40. The van der Waals surface area contributed by atoms with E-state index >= 15 is 0 Å². The summed E-state index contributed by atoms with van der Waals surface area (Å²) in [7, 11) is 1.62. The normalized spacial score (nSPS) is 20.3. The first-order chi connectivity index (χ1) is 12.0. The standard InChI is InChI=1S/C18H28N4O3/c1-4-19-18(24)21-15-10-22(11-16(15)25-3)12-17(23)20-9-14-8-6-5-7-13(14)2/h5-8,15-16H,4,9-12H2,1-3H3,(H,20,23)(H2,19,21,24)/t15?,16-/m0/s1. The van der Waals surface area contributed by atoms with E-state index in [0.717, 1.165) is 11.1 Å². The average Bonchev–Trinajstić information content (AvgIpc) is 2.95. The van der Waals surface area contributed by atoms with E-state index < -0.39 is 0 Å². The van der Waals surface area contributed by atoms with Crippen LogP contribution in [0.5, 0.6) is 0 Å². The number of ether oxygens (including phenoxy) is 1. The third-order valence-electron chi connectivity index (χ3n) is 4.40. The van der Waals surface area contributed by atoms with E-state index in [1.54, 1.807) is 7.11 Å². The van der Waals surface area contributed by atoms with Crippen molar-refractivity contribution in [2.24, 2.45) is 0 Å². The topological polar surface area (TPSA) is 82.7 Å². The van der Waals surface area contributed by atoms with E-state index in [4.69, 9.17) is 4.74 Å². The van der Waals surface area contributed by atoms with Crippen LogP contribution < -0.4 is 16.0 Å². The smallest absolute Gasteiger partial charge is 0.315 e. The number of benzene rings is 1. The zero-order chi connectivity index (χ0) is 18.2. The fourth-order valence-corrected chi connectivity index (χ4v) is 3.00. The van der Waals surface area contributed by atoms with Gasteiger partial charge in [-0.3, -0.25) is 9.69 Å². The van der Waals surface area contributed by atoms with Crippen LogP contribution in [0.15, 0.2) is 24.3 Å². The van der Waals surface area contributed by atoms with E-state index in [2.05, 4.69) is 16.0 Å². The average molecular weight is 348 g/mol. The Balaban J connectivity index is 1.80. The molecule has 25 heavy (non-hydrogen) atoms. The minimum atomic E-state index is -0.208. The van der Waals surface area contributed by atoms with Crippen LogP contribution in [0, 0.1) is 6.92 Å². The maximum absolute atomic E-state index is 12.2. The fraction of sp³-hybridized carbons (Fsp3) is 0.556. The molecule has 1 fully saturated rings. The Morgan fingerprint density at radius 1 is 1.24 bits per heavy atom. The fourth-order valence-electron chi connectivity index (χ4n) is 3.00. The number of hydrogen-bond acceptors (Lipinski definition) is 4. The van der Waals surface area contributed by atoms with Gasteiger partial charge in [-0.25, -0.2) is 4.79 Å². The number of methoxy groups -OCH3 is 1. The summed E-state index contributed by atoms with van der Waals surface area (Å²) < 4.78 is 5.44. The summed E-state index contributed by atoms with van der Waals surface area (Å²) in [4.78, 5) is 25.9. The number of nitrogens with zero attached hydrogens (tertiary/aromatic N) is 1. The van der Waals surface area contributed by atoms with E-state index in [1.807, 2.05) is 43.0 Å². The molecular weight excluding hydrogens is 320 g/mol. The van der Waals surface area contributed by atoms with Crippen LogP contribution in [-0.4, -0.2) is 62.3 Å². The largest absolute Gasteiger partial charge is 0.378 e. The van der Waals surface area contributed by atoms with Crippen LogP contribution in [0.2, 0.25) is 0 Å². The number of urea groups is 1. The quantitative estimate of drug-likeness (QED) is 0.675. The van der Waals surface area contributed by atoms with Crippen molar-refractivity contribution < 1.29 is 14.3 Å². The number of amides is 3. The van der Waals surface area contributed by atoms with Gasteiger partial charge >= 0.3 is 6.03 Å². The van der Waals surface area contributed by atoms with Gasteiger partial charge in [-0.05, 0) is 25.0 Å². The predicted molar refractivity (Wildman–Crippen MR) is 96.3 cm³/mol. The second-order valence-electron chi connectivity index (χ2n) is 6.28. The summed E-state index contributed by atoms with van der Waals surface area (Å²) in [6.07, 6.45) is -0.119. The lowest BCUT2D eigenvalue weighted by Crippen LogP contribution is -2.48. The summed E-state index contributed by atoms with van der Waals surface area (Å²) in [5, 5.41) is 8.57. The lowest BCUT2D eigenvalue weighted by atomic mass is 10.1. The van der Waals surface area contributed by atoms with Crippen LogP contribution in [0.3, 0.4) is 0 Å². The SMILES string of the molecule is CCNC(=O)NC1CN(CC(=O)NCc2ccccc2C)C[C@@H]1OC. The van der Waals surface area contributed by atoms with Gasteiger partial charge in [0.1, 0.15) is 0 Å². The molecule has 0 spiro atoms. The number of likely N-dealkylation sites (tertiary alicyclic amines) is 1. The number of nitrogens with one attached hydrogen (secondary N) is 3. The summed E-state index contributed by atoms with van der Waals surface area (Å²) in [6.45, 7) is 6.49. The van der Waals surface area contributed by atoms with E-state index in [1.165, 1.54) is 0 Å². The molecule has 0 bridgehead atoms. The molecule has 7 heteroatoms. The van der Waals surface area contributed by atoms with Crippen molar-refractivity contribution in [3.63, 3.8) is 0 Å². The number of hydrogen-bond donors (Lipinski definition) is 3. The van der Waals surface area contributed by atoms with Gasteiger partial charge in [0.15, 0.2) is 0 Å². The van der Waals surface area contributed by atoms with Crippen molar-refractivity contribution in [2.75, 3.05) is 33.3 Å². The predicted octanol–water partition coefficient (Wildman–Crippen LogP) is 0.630. The molecular formula is C18H28N4O3. The second-order valence-corrected chi connectivity index (χ2v) is 6.28. The Kier molecular flexibility index (Phi) is 7.21. The summed E-state index contributed by atoms with van der Waals surface area (Å²) in [5.74, 6) is -0.0308. The van der Waals surface area contributed by atoms with Gasteiger partial charge in [-0.1, -0.05) is 24.3 Å². The van der Waals surface area contributed by atoms with Gasteiger partial charge in [0.05, 0.1) is 18.7 Å². The molecule has 1 heterocycles. The highest BCUT2D eigenvalue weighted by atomic mass is 16.5. The van der Waals surface area contributed by atoms with Crippen LogP contribution in [-0.2, 0) is 16.1 Å². The first kappa shape index (κ1) is 19.2. The van der Waals surface area contributed by atoms with Gasteiger partial charge < -0.3 is 20.7 Å². The maximum atomic E-state index is 12.2. The van der Waals surface area contributed by atoms with Gasteiger partial charge in [-0.15, -0.1) is 0 Å². The molecule has 1 aliphatic heterocycles. The van der Waals surface area contributed by atoms with Crippen molar-refractivity contribution in [1.82, 2.24) is 20.9 Å². The molecule has 138 valence electrons. The maximum Gasteiger partial charge on any atom is 0.315 e. The Morgan fingerprint density at radius 3 is 2.68 bits per heavy atom. The highest BCUT2D eigenvalue weighted by Crippen LogP contribution is 2.13. The molecule has 1 aromatic carbocycles. The molecule has 0 saturated carbocycles. The van der Waals surface area contributed by atoms with Crippen LogP contribution in [0.25, 0.3) is 0 Å². The lowest BCUT2D eigenvalue weighted by molar-refractivity contribution is -0.122. The van der Waals surface area contributed by atoms with E-state index in [-0.39, 0.29) is 24.1 Å². The molecule has 0 radical (unpaired) electrons. The monoisotopic (exact) mass is 348 g/mol. The molecule has 2 rings (SSSR count). The molecule has 7 nitrogen and oxygen atoms in total. The summed E-state index contributed by atoms with van der Waals surface area (Å²) in [6, 6.07) is 7.66. The molecule has 0 aliphatic carbocycles. The first-order valence-corrected chi connectivity index (χ1v) is 8.64. The minimum absolute atomic E-state index is 0.0308. The van der Waals surface area contributed by atoms with Crippen molar-refractivity contribution in [1.29, 1.82) is 0 Å². The van der Waals surface area contributed by atoms with Crippen LogP contribution in [0.4, 0.5) is 4.79 Å². The van der Waals surface area contributed by atoms with Gasteiger partial charge in [0.25, 0.3) is 0 Å². The van der Waals surface area contributed by atoms with Gasteiger partial charge in [0, 0.05) is 33.3 Å². The molecule has 1 saturated heterocycles. The molecule has 3 amide bonds. The molecule has 1 aromatic rings. The molecule has 2 atom stereocenters. The van der Waals surface area contributed by atoms with Crippen molar-refractivity contribution >= 4 is 11.9 Å². The number of carbonyl (C=O) groups excluding carboxylic acids is 2. The highest BCUT2D eigenvalue weighted by molar-refractivity contribution is 5.78. The van der Waals surface area contributed by atoms with Crippen molar-refractivity contribution in [3.05, 3.63) is 35.4 Å². The zero-order valence-corrected chi connectivity index (χ0v) is 15.2. The summed E-state index contributed by atoms with van der Waals surface area (Å²) in [5.41, 5.74) is 2.28. The number of rotatable bonds is 7. The number of carbonyl (C=O) groups is 2. The Morgan fingerprint density at radius 2 is 2.00 bits per heavy atom. The number of aryl methyl sites for hydroxylation is 1. The van der Waals surface area contributed by atoms with Crippen molar-refractivity contribution in [3.8, 4) is 0 Å². The highest BCUT2D eigenvalue weighted by Gasteiger charge is 2.34. The van der Waals surface area contributed by atoms with Crippen LogP contribution in [0.1, 0.15) is 18.1 Å². The minimum Gasteiger partial charge on any atom is -0.378 e. The Bertz CT molecular complexity index is 593. The van der Waals surface area contributed by atoms with Crippen molar-refractivity contribution in [2.45, 2.75) is 32.5 Å². The molecule has 3 N–H and O–H groups in total. The molecule has 1 unspecified atom stereocenters. The first-order valence-electron chi connectivity index (χ1n) is 8.64. The molecule has 0 aromatic heterocycles. The summed E-state index contributed by atoms with van der Waals surface area (Å²) >= 11 is 0. The second kappa shape index (κ2) is 9.39. The molecule has 1 aliphatic rings. The Labute approximate surface area is 149 Å². The third kappa shape index (κ3) is 5.72. The van der Waals surface area contributed by atoms with Gasteiger partial charge in [-0.2, -0.15) is 0 Å². The zero-order valence-electron chi connectivity index (χ0n) is 15.2. The van der Waals surface area contributed by atoms with Crippen LogP contribution >= 0.6 is 0 Å². The van der Waals surface area contributed by atoms with E-state index in [0.29, 0.717) is 32.7 Å².